The fraction of sp³-hybridized carbons (Fsp3) is 0.214. The number of benzene rings is 1. The van der Waals surface area contributed by atoms with Gasteiger partial charge in [-0.1, -0.05) is 13.0 Å². The maximum Gasteiger partial charge on any atom is 0.335 e. The Morgan fingerprint density at radius 1 is 1.45 bits per heavy atom. The van der Waals surface area contributed by atoms with E-state index in [-0.39, 0.29) is 11.1 Å². The van der Waals surface area contributed by atoms with E-state index in [2.05, 4.69) is 10.6 Å². The van der Waals surface area contributed by atoms with Gasteiger partial charge in [0.2, 0.25) is 0 Å². The van der Waals surface area contributed by atoms with Crippen LogP contribution in [-0.2, 0) is 4.79 Å². The minimum Gasteiger partial charge on any atom is -0.478 e. The highest BCUT2D eigenvalue weighted by molar-refractivity contribution is 6.06. The second-order valence-corrected chi connectivity index (χ2v) is 3.96. The van der Waals surface area contributed by atoms with Gasteiger partial charge in [-0.05, 0) is 24.6 Å². The number of nitrogens with one attached hydrogen (secondary N) is 2. The molecule has 20 heavy (non-hydrogen) atoms. The van der Waals surface area contributed by atoms with Gasteiger partial charge in [-0.15, -0.1) is 0 Å². The first-order chi connectivity index (χ1) is 9.58. The molecule has 0 aliphatic heterocycles. The topological polar surface area (TPSA) is 102 Å². The van der Waals surface area contributed by atoms with Crippen LogP contribution in [0.5, 0.6) is 0 Å². The van der Waals surface area contributed by atoms with Crippen LogP contribution in [0.1, 0.15) is 23.7 Å². The monoisotopic (exact) mass is 273 g/mol. The summed E-state index contributed by atoms with van der Waals surface area (Å²) in [7, 11) is 0. The molecule has 0 saturated carbocycles. The number of carbonyl (C=O) groups excluding carboxylic acids is 1. The van der Waals surface area contributed by atoms with Crippen LogP contribution in [0.25, 0.3) is 0 Å². The number of amides is 1. The molecule has 0 atom stereocenters. The Morgan fingerprint density at radius 2 is 2.20 bits per heavy atom. The van der Waals surface area contributed by atoms with Crippen LogP contribution in [0.2, 0.25) is 0 Å². The van der Waals surface area contributed by atoms with Crippen molar-refractivity contribution < 1.29 is 14.7 Å². The second-order valence-electron chi connectivity index (χ2n) is 3.96. The Morgan fingerprint density at radius 3 is 2.80 bits per heavy atom. The summed E-state index contributed by atoms with van der Waals surface area (Å²) >= 11 is 0. The third kappa shape index (κ3) is 4.46. The summed E-state index contributed by atoms with van der Waals surface area (Å²) in [5, 5.41) is 23.1. The number of hydrogen-bond acceptors (Lipinski definition) is 4. The molecule has 0 aromatic heterocycles. The average Bonchev–Trinajstić information content (AvgIpc) is 2.43. The normalized spacial score (nSPS) is 10.5. The van der Waals surface area contributed by atoms with Crippen LogP contribution in [-0.4, -0.2) is 23.5 Å². The first-order valence-corrected chi connectivity index (χ1v) is 6.06. The smallest absolute Gasteiger partial charge is 0.335 e. The first kappa shape index (κ1) is 15.2. The minimum absolute atomic E-state index is 0.0643. The van der Waals surface area contributed by atoms with E-state index >= 15 is 0 Å². The van der Waals surface area contributed by atoms with Crippen molar-refractivity contribution in [2.45, 2.75) is 13.3 Å². The molecule has 6 heteroatoms. The quantitative estimate of drug-likeness (QED) is 0.416. The molecule has 1 aromatic carbocycles. The molecular weight excluding hydrogens is 258 g/mol. The van der Waals surface area contributed by atoms with Crippen molar-refractivity contribution in [1.29, 1.82) is 5.26 Å². The van der Waals surface area contributed by atoms with Crippen LogP contribution < -0.4 is 10.6 Å². The van der Waals surface area contributed by atoms with Gasteiger partial charge in [0.05, 0.1) is 5.56 Å². The molecule has 6 nitrogen and oxygen atoms in total. The van der Waals surface area contributed by atoms with E-state index < -0.39 is 11.9 Å². The zero-order valence-electron chi connectivity index (χ0n) is 11.0. The second kappa shape index (κ2) is 7.59. The molecule has 0 spiro atoms. The van der Waals surface area contributed by atoms with Crippen molar-refractivity contribution in [2.24, 2.45) is 0 Å². The Balaban J connectivity index is 2.79. The summed E-state index contributed by atoms with van der Waals surface area (Å²) in [5.41, 5.74) is 0.320. The number of nitriles is 1. The van der Waals surface area contributed by atoms with Crippen molar-refractivity contribution >= 4 is 17.6 Å². The lowest BCUT2D eigenvalue weighted by atomic mass is 10.2. The Hall–Kier alpha value is -2.81. The zero-order valence-corrected chi connectivity index (χ0v) is 11.0. The van der Waals surface area contributed by atoms with Crippen molar-refractivity contribution in [3.8, 4) is 6.07 Å². The highest BCUT2D eigenvalue weighted by atomic mass is 16.4. The van der Waals surface area contributed by atoms with Crippen LogP contribution in [0.3, 0.4) is 0 Å². The van der Waals surface area contributed by atoms with Crippen LogP contribution in [0.4, 0.5) is 5.69 Å². The molecule has 104 valence electrons. The molecule has 0 fully saturated rings. The molecule has 0 heterocycles. The summed E-state index contributed by atoms with van der Waals surface area (Å²) in [6.45, 7) is 2.62. The number of rotatable bonds is 6. The highest BCUT2D eigenvalue weighted by Gasteiger charge is 2.10. The highest BCUT2D eigenvalue weighted by Crippen LogP contribution is 2.11. The van der Waals surface area contributed by atoms with Crippen LogP contribution in [0, 0.1) is 11.3 Å². The number of carbonyl (C=O) groups is 2. The maximum atomic E-state index is 11.8. The standard InChI is InChI=1S/C14H15N3O3/c1-2-6-16-9-11(8-15)13(18)17-12-5-3-4-10(7-12)14(19)20/h3-5,7,9,16H,2,6H2,1H3,(H,17,18)(H,19,20)/b11-9-. The maximum absolute atomic E-state index is 11.8. The molecule has 0 aliphatic rings. The van der Waals surface area contributed by atoms with Gasteiger partial charge >= 0.3 is 5.97 Å². The van der Waals surface area contributed by atoms with Crippen molar-refractivity contribution in [3.05, 3.63) is 41.6 Å². The van der Waals surface area contributed by atoms with Crippen LogP contribution in [0.15, 0.2) is 36.0 Å². The predicted octanol–water partition coefficient (Wildman–Crippen LogP) is 1.73. The van der Waals surface area contributed by atoms with E-state index in [0.29, 0.717) is 12.2 Å². The van der Waals surface area contributed by atoms with E-state index in [1.165, 1.54) is 24.4 Å². The van der Waals surface area contributed by atoms with E-state index in [1.807, 2.05) is 6.92 Å². The average molecular weight is 273 g/mol. The molecule has 0 saturated heterocycles. The largest absolute Gasteiger partial charge is 0.478 e. The molecular formula is C14H15N3O3. The fourth-order valence-electron chi connectivity index (χ4n) is 1.40. The predicted molar refractivity (Wildman–Crippen MR) is 74.0 cm³/mol. The van der Waals surface area contributed by atoms with Gasteiger partial charge in [0, 0.05) is 18.4 Å². The summed E-state index contributed by atoms with van der Waals surface area (Å²) in [6, 6.07) is 7.61. The number of carboxylic acid groups (broad SMARTS) is 1. The van der Waals surface area contributed by atoms with Crippen LogP contribution >= 0.6 is 0 Å². The van der Waals surface area contributed by atoms with E-state index in [1.54, 1.807) is 12.1 Å². The summed E-state index contributed by atoms with van der Waals surface area (Å²) in [6.07, 6.45) is 2.22. The van der Waals surface area contributed by atoms with Gasteiger partial charge in [-0.2, -0.15) is 5.26 Å². The summed E-state index contributed by atoms with van der Waals surface area (Å²) < 4.78 is 0. The molecule has 0 bridgehead atoms. The summed E-state index contributed by atoms with van der Waals surface area (Å²) in [5.74, 6) is -1.67. The van der Waals surface area contributed by atoms with Gasteiger partial charge in [-0.3, -0.25) is 4.79 Å². The van der Waals surface area contributed by atoms with Crippen molar-refractivity contribution in [3.63, 3.8) is 0 Å². The van der Waals surface area contributed by atoms with Crippen molar-refractivity contribution in [2.75, 3.05) is 11.9 Å². The van der Waals surface area contributed by atoms with Gasteiger partial charge in [0.1, 0.15) is 11.6 Å². The number of anilines is 1. The molecule has 0 aliphatic carbocycles. The van der Waals surface area contributed by atoms with E-state index in [0.717, 1.165) is 6.42 Å². The molecule has 0 unspecified atom stereocenters. The van der Waals surface area contributed by atoms with E-state index in [4.69, 9.17) is 10.4 Å². The van der Waals surface area contributed by atoms with Gasteiger partial charge in [-0.25, -0.2) is 4.79 Å². The summed E-state index contributed by atoms with van der Waals surface area (Å²) in [4.78, 5) is 22.6. The number of nitrogens with zero attached hydrogens (tertiary/aromatic N) is 1. The van der Waals surface area contributed by atoms with Gasteiger partial charge in [0.15, 0.2) is 0 Å². The van der Waals surface area contributed by atoms with Gasteiger partial charge < -0.3 is 15.7 Å². The third-order valence-electron chi connectivity index (χ3n) is 2.37. The molecule has 1 amide bonds. The third-order valence-corrected chi connectivity index (χ3v) is 2.37. The molecule has 0 radical (unpaired) electrons. The Bertz CT molecular complexity index is 573. The lowest BCUT2D eigenvalue weighted by molar-refractivity contribution is -0.112. The van der Waals surface area contributed by atoms with Crippen molar-refractivity contribution in [1.82, 2.24) is 5.32 Å². The van der Waals surface area contributed by atoms with E-state index in [9.17, 15) is 9.59 Å². The molecule has 1 rings (SSSR count). The lowest BCUT2D eigenvalue weighted by Crippen LogP contribution is -2.17. The lowest BCUT2D eigenvalue weighted by Gasteiger charge is -2.05. The number of hydrogen-bond donors (Lipinski definition) is 3. The minimum atomic E-state index is -1.08. The SMILES string of the molecule is CCCN/C=C(/C#N)C(=O)Nc1cccc(C(=O)O)c1. The number of carboxylic acids is 1. The Labute approximate surface area is 116 Å². The molecule has 1 aromatic rings. The van der Waals surface area contributed by atoms with Gasteiger partial charge in [0.25, 0.3) is 5.91 Å². The molecule has 3 N–H and O–H groups in total. The fourth-order valence-corrected chi connectivity index (χ4v) is 1.40. The number of aromatic carboxylic acids is 1. The zero-order chi connectivity index (χ0) is 15.0. The Kier molecular flexibility index (Phi) is 5.78. The first-order valence-electron chi connectivity index (χ1n) is 6.06.